The van der Waals surface area contributed by atoms with Crippen molar-refractivity contribution in [2.75, 3.05) is 0 Å². The highest BCUT2D eigenvalue weighted by Crippen LogP contribution is 2.37. The SMILES string of the molecule is C1=C(c2ccccc2-c2ccccc2)CCc2c1[nH]c1ccccc21. The zero-order valence-electron chi connectivity index (χ0n) is 14.0. The summed E-state index contributed by atoms with van der Waals surface area (Å²) in [6.45, 7) is 0. The first-order chi connectivity index (χ1) is 12.4. The van der Waals surface area contributed by atoms with Crippen LogP contribution in [-0.2, 0) is 6.42 Å². The summed E-state index contributed by atoms with van der Waals surface area (Å²) in [5, 5.41) is 1.36. The Morgan fingerprint density at radius 3 is 2.24 bits per heavy atom. The molecular weight excluding hydrogens is 302 g/mol. The molecule has 1 heterocycles. The fourth-order valence-corrected chi connectivity index (χ4v) is 3.96. The molecule has 4 aromatic rings. The second-order valence-electron chi connectivity index (χ2n) is 6.64. The van der Waals surface area contributed by atoms with Gasteiger partial charge in [-0.2, -0.15) is 0 Å². The molecule has 120 valence electrons. The quantitative estimate of drug-likeness (QED) is 0.444. The number of H-pyrrole nitrogens is 1. The zero-order chi connectivity index (χ0) is 16.6. The van der Waals surface area contributed by atoms with E-state index in [4.69, 9.17) is 0 Å². The van der Waals surface area contributed by atoms with E-state index >= 15 is 0 Å². The van der Waals surface area contributed by atoms with Gasteiger partial charge in [0.15, 0.2) is 0 Å². The number of hydrogen-bond donors (Lipinski definition) is 1. The van der Waals surface area contributed by atoms with Gasteiger partial charge in [0, 0.05) is 16.6 Å². The molecule has 1 heteroatoms. The monoisotopic (exact) mass is 321 g/mol. The average Bonchev–Trinajstić information content (AvgIpc) is 3.06. The second kappa shape index (κ2) is 5.78. The Morgan fingerprint density at radius 2 is 1.36 bits per heavy atom. The zero-order valence-corrected chi connectivity index (χ0v) is 14.0. The van der Waals surface area contributed by atoms with Gasteiger partial charge in [-0.1, -0.05) is 72.8 Å². The molecule has 0 unspecified atom stereocenters. The Balaban J connectivity index is 1.66. The molecule has 0 saturated heterocycles. The van der Waals surface area contributed by atoms with Gasteiger partial charge >= 0.3 is 0 Å². The number of fused-ring (bicyclic) bond motifs is 3. The number of allylic oxidation sites excluding steroid dienone is 1. The van der Waals surface area contributed by atoms with Crippen LogP contribution in [0.2, 0.25) is 0 Å². The lowest BCUT2D eigenvalue weighted by Crippen LogP contribution is -1.99. The minimum Gasteiger partial charge on any atom is -0.355 e. The van der Waals surface area contributed by atoms with E-state index in [1.807, 2.05) is 0 Å². The third-order valence-corrected chi connectivity index (χ3v) is 5.17. The first-order valence-corrected chi connectivity index (χ1v) is 8.85. The maximum absolute atomic E-state index is 3.60. The van der Waals surface area contributed by atoms with Gasteiger partial charge in [-0.15, -0.1) is 0 Å². The molecule has 3 aromatic carbocycles. The molecule has 0 saturated carbocycles. The van der Waals surface area contributed by atoms with Crippen LogP contribution in [0.4, 0.5) is 0 Å². The van der Waals surface area contributed by atoms with E-state index in [2.05, 4.69) is 89.9 Å². The molecule has 0 spiro atoms. The fraction of sp³-hybridized carbons (Fsp3) is 0.0833. The number of nitrogens with one attached hydrogen (secondary N) is 1. The van der Waals surface area contributed by atoms with Gasteiger partial charge in [0.1, 0.15) is 0 Å². The molecule has 1 aliphatic rings. The Labute approximate surface area is 147 Å². The van der Waals surface area contributed by atoms with Gasteiger partial charge in [-0.25, -0.2) is 0 Å². The molecular formula is C24H19N. The van der Waals surface area contributed by atoms with E-state index in [9.17, 15) is 0 Å². The molecule has 1 nitrogen and oxygen atoms in total. The minimum atomic E-state index is 1.08. The topological polar surface area (TPSA) is 15.8 Å². The molecule has 1 N–H and O–H groups in total. The van der Waals surface area contributed by atoms with Gasteiger partial charge in [-0.05, 0) is 52.8 Å². The average molecular weight is 321 g/mol. The molecule has 25 heavy (non-hydrogen) atoms. The van der Waals surface area contributed by atoms with Crippen LogP contribution >= 0.6 is 0 Å². The van der Waals surface area contributed by atoms with Crippen molar-refractivity contribution in [1.29, 1.82) is 0 Å². The lowest BCUT2D eigenvalue weighted by molar-refractivity contribution is 1.01. The number of aromatic nitrogens is 1. The summed E-state index contributed by atoms with van der Waals surface area (Å²) in [7, 11) is 0. The van der Waals surface area contributed by atoms with Gasteiger partial charge in [-0.3, -0.25) is 0 Å². The van der Waals surface area contributed by atoms with Crippen molar-refractivity contribution in [1.82, 2.24) is 4.98 Å². The smallest absolute Gasteiger partial charge is 0.0461 e. The van der Waals surface area contributed by atoms with Crippen LogP contribution < -0.4 is 0 Å². The number of rotatable bonds is 2. The number of hydrogen-bond acceptors (Lipinski definition) is 0. The highest BCUT2D eigenvalue weighted by Gasteiger charge is 2.18. The van der Waals surface area contributed by atoms with Gasteiger partial charge in [0.05, 0.1) is 0 Å². The Morgan fingerprint density at radius 1 is 0.640 bits per heavy atom. The molecule has 5 rings (SSSR count). The van der Waals surface area contributed by atoms with Crippen LogP contribution in [0.15, 0.2) is 78.9 Å². The number of aryl methyl sites for hydroxylation is 1. The molecule has 0 bridgehead atoms. The standard InChI is InChI=1S/C24H19N/c1-2-8-17(9-3-1)19-10-4-5-11-20(19)18-14-15-22-21-12-6-7-13-23(21)25-24(22)16-18/h1-13,16,25H,14-15H2. The third-order valence-electron chi connectivity index (χ3n) is 5.17. The van der Waals surface area contributed by atoms with E-state index in [0.29, 0.717) is 0 Å². The van der Waals surface area contributed by atoms with Crippen molar-refractivity contribution < 1.29 is 0 Å². The van der Waals surface area contributed by atoms with E-state index in [1.54, 1.807) is 0 Å². The minimum absolute atomic E-state index is 1.08. The van der Waals surface area contributed by atoms with Crippen LogP contribution in [0.25, 0.3) is 33.7 Å². The summed E-state index contributed by atoms with van der Waals surface area (Å²) >= 11 is 0. The summed E-state index contributed by atoms with van der Waals surface area (Å²) in [6, 6.07) is 28.0. The van der Waals surface area contributed by atoms with Crippen molar-refractivity contribution in [3.8, 4) is 11.1 Å². The predicted octanol–water partition coefficient (Wildman–Crippen LogP) is 6.32. The predicted molar refractivity (Wildman–Crippen MR) is 106 cm³/mol. The van der Waals surface area contributed by atoms with Gasteiger partial charge in [0.25, 0.3) is 0 Å². The number of para-hydroxylation sites is 1. The van der Waals surface area contributed by atoms with Crippen molar-refractivity contribution >= 4 is 22.6 Å². The number of benzene rings is 3. The van der Waals surface area contributed by atoms with E-state index < -0.39 is 0 Å². The Kier molecular flexibility index (Phi) is 3.31. The molecule has 1 aromatic heterocycles. The maximum atomic E-state index is 3.60. The normalized spacial score (nSPS) is 13.5. The van der Waals surface area contributed by atoms with E-state index in [1.165, 1.54) is 44.4 Å². The second-order valence-corrected chi connectivity index (χ2v) is 6.64. The van der Waals surface area contributed by atoms with Gasteiger partial charge in [0.2, 0.25) is 0 Å². The molecule has 0 fully saturated rings. The molecule has 0 aliphatic heterocycles. The van der Waals surface area contributed by atoms with Crippen molar-refractivity contribution in [2.45, 2.75) is 12.8 Å². The van der Waals surface area contributed by atoms with Gasteiger partial charge < -0.3 is 4.98 Å². The first-order valence-electron chi connectivity index (χ1n) is 8.85. The summed E-state index contributed by atoms with van der Waals surface area (Å²) in [6.07, 6.45) is 4.52. The van der Waals surface area contributed by atoms with Crippen LogP contribution in [0.3, 0.4) is 0 Å². The molecule has 0 atom stereocenters. The fourth-order valence-electron chi connectivity index (χ4n) is 3.96. The van der Waals surface area contributed by atoms with Crippen LogP contribution in [0, 0.1) is 0 Å². The summed E-state index contributed by atoms with van der Waals surface area (Å²) in [5.41, 5.74) is 9.31. The summed E-state index contributed by atoms with van der Waals surface area (Å²) in [5.74, 6) is 0. The van der Waals surface area contributed by atoms with E-state index in [0.717, 1.165) is 12.8 Å². The lowest BCUT2D eigenvalue weighted by atomic mass is 9.87. The third kappa shape index (κ3) is 2.40. The Hall–Kier alpha value is -3.06. The van der Waals surface area contributed by atoms with Crippen molar-refractivity contribution in [2.24, 2.45) is 0 Å². The molecule has 1 aliphatic carbocycles. The van der Waals surface area contributed by atoms with E-state index in [-0.39, 0.29) is 0 Å². The van der Waals surface area contributed by atoms with Crippen LogP contribution in [-0.4, -0.2) is 4.98 Å². The van der Waals surface area contributed by atoms with Crippen molar-refractivity contribution in [3.63, 3.8) is 0 Å². The number of aromatic amines is 1. The first kappa shape index (κ1) is 14.3. The highest BCUT2D eigenvalue weighted by molar-refractivity contribution is 5.95. The maximum Gasteiger partial charge on any atom is 0.0461 e. The van der Waals surface area contributed by atoms with Crippen LogP contribution in [0.5, 0.6) is 0 Å². The molecule has 0 amide bonds. The summed E-state index contributed by atoms with van der Waals surface area (Å²) in [4.78, 5) is 3.60. The highest BCUT2D eigenvalue weighted by atomic mass is 14.7. The summed E-state index contributed by atoms with van der Waals surface area (Å²) < 4.78 is 0. The largest absolute Gasteiger partial charge is 0.355 e. The Bertz CT molecular complexity index is 1080. The molecule has 0 radical (unpaired) electrons. The lowest BCUT2D eigenvalue weighted by Gasteiger charge is -2.17. The van der Waals surface area contributed by atoms with Crippen molar-refractivity contribution in [3.05, 3.63) is 95.7 Å². The van der Waals surface area contributed by atoms with Crippen LogP contribution in [0.1, 0.15) is 23.2 Å².